The number of nitrogens with zero attached hydrogens (tertiary/aromatic N) is 4. The molecule has 0 radical (unpaired) electrons. The molecule has 0 bridgehead atoms. The molecule has 0 saturated carbocycles. The summed E-state index contributed by atoms with van der Waals surface area (Å²) in [5.41, 5.74) is 0.425. The van der Waals surface area contributed by atoms with Gasteiger partial charge >= 0.3 is 6.01 Å². The third-order valence-corrected chi connectivity index (χ3v) is 6.96. The lowest BCUT2D eigenvalue weighted by atomic mass is 10.3. The van der Waals surface area contributed by atoms with E-state index in [2.05, 4.69) is 40.0 Å². The van der Waals surface area contributed by atoms with Crippen LogP contribution < -0.4 is 10.1 Å². The number of phenolic OH excluding ortho intramolecular Hbond substituents is 1. The van der Waals surface area contributed by atoms with Crippen LogP contribution in [0.25, 0.3) is 11.0 Å². The van der Waals surface area contributed by atoms with E-state index >= 15 is 0 Å². The molecule has 0 aliphatic carbocycles. The second kappa shape index (κ2) is 13.5. The average molecular weight is 582 g/mol. The summed E-state index contributed by atoms with van der Waals surface area (Å²) >= 11 is 0. The number of hydrogen-bond donors (Lipinski definition) is 3. The fourth-order valence-electron chi connectivity index (χ4n) is 3.12. The Morgan fingerprint density at radius 1 is 1.00 bits per heavy atom. The smallest absolute Gasteiger partial charge is 0.326 e. The number of fused-ring (bicyclic) bond motifs is 1. The third kappa shape index (κ3) is 9.17. The van der Waals surface area contributed by atoms with Crippen molar-refractivity contribution in [3.8, 4) is 17.5 Å². The van der Waals surface area contributed by atoms with Gasteiger partial charge < -0.3 is 25.0 Å². The molecule has 0 unspecified atom stereocenters. The Labute approximate surface area is 229 Å². The van der Waals surface area contributed by atoms with E-state index in [9.17, 15) is 22.7 Å². The fourth-order valence-corrected chi connectivity index (χ4v) is 3.88. The highest BCUT2D eigenvalue weighted by Gasteiger charge is 2.17. The van der Waals surface area contributed by atoms with E-state index in [1.165, 1.54) is 0 Å². The number of aromatic nitrogens is 4. The summed E-state index contributed by atoms with van der Waals surface area (Å²) in [6.45, 7) is 9.47. The van der Waals surface area contributed by atoms with Gasteiger partial charge in [-0.05, 0) is 37.2 Å². The topological polar surface area (TPSA) is 115 Å². The van der Waals surface area contributed by atoms with Crippen LogP contribution in [0.2, 0.25) is 25.7 Å². The first-order valence-corrected chi connectivity index (χ1v) is 16.0. The number of rotatable bonds is 10. The van der Waals surface area contributed by atoms with Crippen molar-refractivity contribution < 1.29 is 37.2 Å². The number of halogens is 4. The van der Waals surface area contributed by atoms with Gasteiger partial charge in [-0.1, -0.05) is 19.6 Å². The van der Waals surface area contributed by atoms with E-state index in [1.54, 1.807) is 17.8 Å². The molecule has 0 fully saturated rings. The predicted octanol–water partition coefficient (Wildman–Crippen LogP) is 5.67. The second-order valence-corrected chi connectivity index (χ2v) is 15.7. The molecular weight excluding hydrogens is 550 g/mol. The molecule has 0 spiro atoms. The highest BCUT2D eigenvalue weighted by molar-refractivity contribution is 6.76. The number of aromatic hydroxyl groups is 1. The third-order valence-electron chi connectivity index (χ3n) is 5.26. The van der Waals surface area contributed by atoms with Crippen LogP contribution in [-0.4, -0.2) is 57.3 Å². The van der Waals surface area contributed by atoms with Gasteiger partial charge in [0.2, 0.25) is 0 Å². The standard InChI is InChI=1S/C20H27F2N5O3Si.C6H4F2O/c1-13(28)10-23-18-15-11-24-27(12-29-7-8-31(2,3)4)19(15)26-20(25-18)30-17-6-5-14(21)9-16(17)22;7-4-1-2-6(9)5(8)3-4/h5-6,9,11,13,28H,7-8,10,12H2,1-4H3,(H,23,25,26);1-3,9H/t13-;/m1./s1. The minimum Gasteiger partial charge on any atom is -0.505 e. The molecule has 0 amide bonds. The number of nitrogens with one attached hydrogen (secondary N) is 1. The number of aliphatic hydroxyl groups excluding tert-OH is 1. The van der Waals surface area contributed by atoms with Crippen LogP contribution in [0.5, 0.6) is 17.5 Å². The molecule has 0 aliphatic rings. The largest absolute Gasteiger partial charge is 0.505 e. The molecule has 216 valence electrons. The Morgan fingerprint density at radius 3 is 2.27 bits per heavy atom. The summed E-state index contributed by atoms with van der Waals surface area (Å²) in [6.07, 6.45) is 0.966. The molecule has 2 aromatic heterocycles. The van der Waals surface area contributed by atoms with E-state index in [4.69, 9.17) is 14.6 Å². The number of ether oxygens (including phenoxy) is 2. The SMILES string of the molecule is C[C@@H](O)CNc1nc(Oc2ccc(F)cc2F)nc2c1cnn2COCC[Si](C)(C)C.Oc1ccc(F)cc1F. The molecule has 2 aromatic carbocycles. The minimum atomic E-state index is -1.22. The van der Waals surface area contributed by atoms with Crippen LogP contribution in [0.15, 0.2) is 42.6 Å². The first kappa shape index (κ1) is 30.8. The van der Waals surface area contributed by atoms with E-state index < -0.39 is 43.2 Å². The molecular formula is C26H31F4N5O4Si. The summed E-state index contributed by atoms with van der Waals surface area (Å²) in [6, 6.07) is 6.41. The van der Waals surface area contributed by atoms with Crippen molar-refractivity contribution in [1.82, 2.24) is 19.7 Å². The number of hydrogen-bond acceptors (Lipinski definition) is 8. The first-order valence-electron chi connectivity index (χ1n) is 12.3. The molecule has 4 rings (SSSR count). The first-order chi connectivity index (χ1) is 18.8. The minimum absolute atomic E-state index is 0.144. The van der Waals surface area contributed by atoms with Crippen LogP contribution in [0.1, 0.15) is 6.92 Å². The highest BCUT2D eigenvalue weighted by atomic mass is 28.3. The summed E-state index contributed by atoms with van der Waals surface area (Å²) < 4.78 is 64.1. The molecule has 3 N–H and O–H groups in total. The van der Waals surface area contributed by atoms with Gasteiger partial charge in [-0.3, -0.25) is 0 Å². The molecule has 2 heterocycles. The summed E-state index contributed by atoms with van der Waals surface area (Å²) in [7, 11) is -1.22. The summed E-state index contributed by atoms with van der Waals surface area (Å²) in [5.74, 6) is -3.58. The van der Waals surface area contributed by atoms with Gasteiger partial charge in [-0.2, -0.15) is 15.1 Å². The van der Waals surface area contributed by atoms with Crippen molar-refractivity contribution in [3.05, 3.63) is 65.9 Å². The van der Waals surface area contributed by atoms with Crippen LogP contribution in [-0.2, 0) is 11.5 Å². The van der Waals surface area contributed by atoms with Gasteiger partial charge in [-0.25, -0.2) is 22.2 Å². The Bertz CT molecular complexity index is 1430. The second-order valence-electron chi connectivity index (χ2n) is 10.1. The lowest BCUT2D eigenvalue weighted by molar-refractivity contribution is 0.0812. The average Bonchev–Trinajstić information content (AvgIpc) is 3.27. The predicted molar refractivity (Wildman–Crippen MR) is 144 cm³/mol. The van der Waals surface area contributed by atoms with Crippen molar-refractivity contribution in [2.45, 2.75) is 45.4 Å². The maximum atomic E-state index is 14.0. The van der Waals surface area contributed by atoms with E-state index in [-0.39, 0.29) is 25.0 Å². The van der Waals surface area contributed by atoms with E-state index in [1.807, 2.05) is 0 Å². The number of anilines is 1. The zero-order valence-electron chi connectivity index (χ0n) is 22.5. The van der Waals surface area contributed by atoms with Gasteiger partial charge in [0.25, 0.3) is 0 Å². The van der Waals surface area contributed by atoms with Crippen molar-refractivity contribution in [2.75, 3.05) is 18.5 Å². The van der Waals surface area contributed by atoms with E-state index in [0.29, 0.717) is 29.5 Å². The molecule has 4 aromatic rings. The van der Waals surface area contributed by atoms with Crippen molar-refractivity contribution in [3.63, 3.8) is 0 Å². The van der Waals surface area contributed by atoms with Crippen LogP contribution in [0, 0.1) is 23.3 Å². The van der Waals surface area contributed by atoms with Gasteiger partial charge in [0.15, 0.2) is 28.8 Å². The summed E-state index contributed by atoms with van der Waals surface area (Å²) in [4.78, 5) is 8.61. The normalized spacial score (nSPS) is 12.1. The summed E-state index contributed by atoms with van der Waals surface area (Å²) in [5, 5.41) is 26.0. The molecule has 0 aliphatic heterocycles. The molecule has 1 atom stereocenters. The van der Waals surface area contributed by atoms with Crippen molar-refractivity contribution >= 4 is 24.9 Å². The van der Waals surface area contributed by atoms with Gasteiger partial charge in [0.1, 0.15) is 24.2 Å². The van der Waals surface area contributed by atoms with Gasteiger partial charge in [-0.15, -0.1) is 0 Å². The maximum absolute atomic E-state index is 14.0. The molecule has 9 nitrogen and oxygen atoms in total. The number of benzene rings is 2. The Morgan fingerprint density at radius 2 is 1.68 bits per heavy atom. The highest BCUT2D eigenvalue weighted by Crippen LogP contribution is 2.27. The lowest BCUT2D eigenvalue weighted by Crippen LogP contribution is -2.22. The van der Waals surface area contributed by atoms with Crippen molar-refractivity contribution in [2.24, 2.45) is 0 Å². The maximum Gasteiger partial charge on any atom is 0.326 e. The number of aliphatic hydroxyl groups is 1. The fraction of sp³-hybridized carbons (Fsp3) is 0.346. The molecule has 40 heavy (non-hydrogen) atoms. The lowest BCUT2D eigenvalue weighted by Gasteiger charge is -2.15. The Balaban J connectivity index is 0.000000415. The number of phenols is 1. The molecule has 0 saturated heterocycles. The zero-order chi connectivity index (χ0) is 29.4. The Kier molecular flexibility index (Phi) is 10.4. The van der Waals surface area contributed by atoms with Crippen LogP contribution in [0.3, 0.4) is 0 Å². The van der Waals surface area contributed by atoms with Gasteiger partial charge in [0, 0.05) is 33.4 Å². The van der Waals surface area contributed by atoms with Crippen LogP contribution in [0.4, 0.5) is 23.4 Å². The van der Waals surface area contributed by atoms with Gasteiger partial charge in [0.05, 0.1) is 17.7 Å². The van der Waals surface area contributed by atoms with E-state index in [0.717, 1.165) is 36.4 Å². The monoisotopic (exact) mass is 581 g/mol. The molecule has 14 heteroatoms. The van der Waals surface area contributed by atoms with Crippen molar-refractivity contribution in [1.29, 1.82) is 0 Å². The Hall–Kier alpha value is -3.75. The zero-order valence-corrected chi connectivity index (χ0v) is 23.5. The quantitative estimate of drug-likeness (QED) is 0.125. The van der Waals surface area contributed by atoms with Crippen LogP contribution >= 0.6 is 0 Å².